The van der Waals surface area contributed by atoms with E-state index in [1.54, 1.807) is 0 Å². The first-order valence-electron chi connectivity index (χ1n) is 12.5. The summed E-state index contributed by atoms with van der Waals surface area (Å²) in [7, 11) is 0. The van der Waals surface area contributed by atoms with E-state index in [-0.39, 0.29) is 11.8 Å². The fourth-order valence-electron chi connectivity index (χ4n) is 5.18. The lowest BCUT2D eigenvalue weighted by atomic mass is 10.0. The van der Waals surface area contributed by atoms with E-state index in [0.29, 0.717) is 63.6 Å². The van der Waals surface area contributed by atoms with Crippen LogP contribution < -0.4 is 0 Å². The summed E-state index contributed by atoms with van der Waals surface area (Å²) >= 11 is 0. The number of nitrogens with zero attached hydrogens (tertiary/aromatic N) is 4. The normalized spacial score (nSPS) is 15.8. The van der Waals surface area contributed by atoms with Gasteiger partial charge in [0.15, 0.2) is 5.69 Å². The summed E-state index contributed by atoms with van der Waals surface area (Å²) in [5, 5.41) is 5.90. The van der Waals surface area contributed by atoms with Crippen LogP contribution in [0.2, 0.25) is 0 Å². The van der Waals surface area contributed by atoms with Crippen molar-refractivity contribution in [3.8, 4) is 0 Å². The Balaban J connectivity index is 1.29. The van der Waals surface area contributed by atoms with Crippen molar-refractivity contribution in [2.45, 2.75) is 25.9 Å². The van der Waals surface area contributed by atoms with Crippen molar-refractivity contribution >= 4 is 22.7 Å². The zero-order valence-electron chi connectivity index (χ0n) is 20.2. The predicted octanol–water partition coefficient (Wildman–Crippen LogP) is 3.28. The molecule has 0 bridgehead atoms. The topological polar surface area (TPSA) is 83.5 Å². The molecule has 4 heterocycles. The molecule has 0 aliphatic carbocycles. The number of rotatable bonds is 5. The molecular formula is C28H29N5O3. The second-order valence-corrected chi connectivity index (χ2v) is 9.39. The molecule has 1 N–H and O–H groups in total. The maximum absolute atomic E-state index is 13.5. The van der Waals surface area contributed by atoms with Crippen LogP contribution in [0.25, 0.3) is 10.9 Å². The van der Waals surface area contributed by atoms with Crippen molar-refractivity contribution in [1.29, 1.82) is 0 Å². The second kappa shape index (κ2) is 9.62. The zero-order valence-corrected chi connectivity index (χ0v) is 20.2. The standard InChI is InChI=1S/C28H29N5O3/c34-27(22-7-6-21-8-11-29-24(21)18-22)32-12-10-25-23(19-32)26(28(35)31-14-16-36-17-15-31)30-33(25)13-9-20-4-2-1-3-5-20/h1-8,11,18,29H,9-10,12-17,19H2. The molecule has 6 rings (SSSR count). The minimum atomic E-state index is -0.0740. The summed E-state index contributed by atoms with van der Waals surface area (Å²) in [6, 6.07) is 18.0. The van der Waals surface area contributed by atoms with E-state index in [2.05, 4.69) is 17.1 Å². The molecule has 1 fully saturated rings. The molecular weight excluding hydrogens is 454 g/mol. The summed E-state index contributed by atoms with van der Waals surface area (Å²) in [5.74, 6) is -0.103. The highest BCUT2D eigenvalue weighted by Crippen LogP contribution is 2.26. The van der Waals surface area contributed by atoms with Crippen molar-refractivity contribution in [3.63, 3.8) is 0 Å². The van der Waals surface area contributed by atoms with Crippen LogP contribution >= 0.6 is 0 Å². The summed E-state index contributed by atoms with van der Waals surface area (Å²) < 4.78 is 7.43. The highest BCUT2D eigenvalue weighted by molar-refractivity contribution is 5.98. The number of aromatic amines is 1. The second-order valence-electron chi connectivity index (χ2n) is 9.39. The number of carbonyl (C=O) groups is 2. The van der Waals surface area contributed by atoms with E-state index in [1.807, 2.05) is 63.1 Å². The Morgan fingerprint density at radius 2 is 1.78 bits per heavy atom. The van der Waals surface area contributed by atoms with Gasteiger partial charge in [0.25, 0.3) is 11.8 Å². The van der Waals surface area contributed by atoms with E-state index in [4.69, 9.17) is 9.84 Å². The molecule has 8 heteroatoms. The molecule has 0 saturated carbocycles. The van der Waals surface area contributed by atoms with Gasteiger partial charge in [-0.05, 0) is 35.6 Å². The van der Waals surface area contributed by atoms with Crippen molar-refractivity contribution in [2.75, 3.05) is 32.8 Å². The lowest BCUT2D eigenvalue weighted by Crippen LogP contribution is -2.42. The maximum Gasteiger partial charge on any atom is 0.274 e. The smallest absolute Gasteiger partial charge is 0.274 e. The van der Waals surface area contributed by atoms with Crippen molar-refractivity contribution < 1.29 is 14.3 Å². The number of H-pyrrole nitrogens is 1. The van der Waals surface area contributed by atoms with Gasteiger partial charge < -0.3 is 19.5 Å². The molecule has 0 atom stereocenters. The summed E-state index contributed by atoms with van der Waals surface area (Å²) in [4.78, 5) is 33.8. The zero-order chi connectivity index (χ0) is 24.5. The summed E-state index contributed by atoms with van der Waals surface area (Å²) in [6.45, 7) is 3.86. The molecule has 0 radical (unpaired) electrons. The van der Waals surface area contributed by atoms with Crippen molar-refractivity contribution in [3.05, 3.63) is 88.9 Å². The molecule has 4 aromatic rings. The summed E-state index contributed by atoms with van der Waals surface area (Å²) in [5.41, 5.74) is 5.22. The summed E-state index contributed by atoms with van der Waals surface area (Å²) in [6.07, 6.45) is 3.38. The molecule has 8 nitrogen and oxygen atoms in total. The Labute approximate surface area is 209 Å². The Hall–Kier alpha value is -3.91. The van der Waals surface area contributed by atoms with Gasteiger partial charge in [-0.2, -0.15) is 5.10 Å². The Kier molecular flexibility index (Phi) is 6.03. The SMILES string of the molecule is O=C(c1ccc2cc[nH]c2c1)N1CCc2c(c(C(=O)N3CCOCC3)nn2CCc2ccccc2)C1. The highest BCUT2D eigenvalue weighted by atomic mass is 16.5. The molecule has 0 unspecified atom stereocenters. The minimum Gasteiger partial charge on any atom is -0.378 e. The first-order chi connectivity index (χ1) is 17.7. The number of morpholine rings is 1. The van der Waals surface area contributed by atoms with Gasteiger partial charge >= 0.3 is 0 Å². The number of nitrogens with one attached hydrogen (secondary N) is 1. The van der Waals surface area contributed by atoms with Crippen molar-refractivity contribution in [2.24, 2.45) is 0 Å². The lowest BCUT2D eigenvalue weighted by Gasteiger charge is -2.29. The largest absolute Gasteiger partial charge is 0.378 e. The highest BCUT2D eigenvalue weighted by Gasteiger charge is 2.32. The van der Waals surface area contributed by atoms with Crippen LogP contribution in [0.15, 0.2) is 60.8 Å². The molecule has 2 aromatic carbocycles. The van der Waals surface area contributed by atoms with E-state index < -0.39 is 0 Å². The Bertz CT molecular complexity index is 1400. The fourth-order valence-corrected chi connectivity index (χ4v) is 5.18. The molecule has 2 aromatic heterocycles. The van der Waals surface area contributed by atoms with Gasteiger partial charge in [-0.15, -0.1) is 0 Å². The molecule has 0 spiro atoms. The number of fused-ring (bicyclic) bond motifs is 2. The van der Waals surface area contributed by atoms with E-state index in [9.17, 15) is 9.59 Å². The third-order valence-corrected chi connectivity index (χ3v) is 7.18. The average Bonchev–Trinajstić information content (AvgIpc) is 3.56. The molecule has 184 valence electrons. The van der Waals surface area contributed by atoms with E-state index in [1.165, 1.54) is 5.56 Å². The number of hydrogen-bond donors (Lipinski definition) is 1. The van der Waals surface area contributed by atoms with Crippen LogP contribution in [0.4, 0.5) is 0 Å². The monoisotopic (exact) mass is 483 g/mol. The van der Waals surface area contributed by atoms with Crippen LogP contribution in [-0.4, -0.2) is 69.2 Å². The molecule has 2 aliphatic heterocycles. The predicted molar refractivity (Wildman–Crippen MR) is 136 cm³/mol. The van der Waals surface area contributed by atoms with E-state index in [0.717, 1.165) is 28.6 Å². The number of amides is 2. The number of aromatic nitrogens is 3. The fraction of sp³-hybridized carbons (Fsp3) is 0.321. The van der Waals surface area contributed by atoms with E-state index >= 15 is 0 Å². The average molecular weight is 484 g/mol. The maximum atomic E-state index is 13.5. The van der Waals surface area contributed by atoms with Crippen LogP contribution in [0.1, 0.15) is 37.7 Å². The van der Waals surface area contributed by atoms with Gasteiger partial charge in [0.1, 0.15) is 0 Å². The third kappa shape index (κ3) is 4.28. The van der Waals surface area contributed by atoms with Crippen molar-refractivity contribution in [1.82, 2.24) is 24.6 Å². The van der Waals surface area contributed by atoms with Crippen LogP contribution in [0, 0.1) is 0 Å². The first-order valence-corrected chi connectivity index (χ1v) is 12.5. The van der Waals surface area contributed by atoms with Gasteiger partial charge in [0.2, 0.25) is 0 Å². The minimum absolute atomic E-state index is 0.0287. The number of carbonyl (C=O) groups excluding carboxylic acids is 2. The number of ether oxygens (including phenoxy) is 1. The number of benzene rings is 2. The molecule has 2 aliphatic rings. The third-order valence-electron chi connectivity index (χ3n) is 7.18. The van der Waals surface area contributed by atoms with Gasteiger partial charge in [-0.1, -0.05) is 36.4 Å². The molecule has 1 saturated heterocycles. The number of hydrogen-bond acceptors (Lipinski definition) is 4. The first kappa shape index (κ1) is 22.5. The van der Waals surface area contributed by atoms with Gasteiger partial charge in [0, 0.05) is 61.1 Å². The number of aryl methyl sites for hydroxylation is 2. The molecule has 36 heavy (non-hydrogen) atoms. The molecule has 2 amide bonds. The lowest BCUT2D eigenvalue weighted by molar-refractivity contribution is 0.0296. The van der Waals surface area contributed by atoms with Crippen LogP contribution in [0.3, 0.4) is 0 Å². The van der Waals surface area contributed by atoms with Gasteiger partial charge in [0.05, 0.1) is 19.8 Å². The Morgan fingerprint density at radius 3 is 2.61 bits per heavy atom. The van der Waals surface area contributed by atoms with Crippen LogP contribution in [0.5, 0.6) is 0 Å². The quantitative estimate of drug-likeness (QED) is 0.472. The van der Waals surface area contributed by atoms with Gasteiger partial charge in [-0.3, -0.25) is 14.3 Å². The van der Waals surface area contributed by atoms with Gasteiger partial charge in [-0.25, -0.2) is 0 Å². The Morgan fingerprint density at radius 1 is 0.944 bits per heavy atom. The van der Waals surface area contributed by atoms with Crippen LogP contribution in [-0.2, 0) is 30.7 Å².